The fourth-order valence-corrected chi connectivity index (χ4v) is 4.29. The first-order valence-corrected chi connectivity index (χ1v) is 12.9. The maximum Gasteiger partial charge on any atom is 0.344 e. The van der Waals surface area contributed by atoms with Crippen molar-refractivity contribution in [2.24, 2.45) is 0 Å². The van der Waals surface area contributed by atoms with E-state index >= 15 is 0 Å². The number of H-pyrrole nitrogens is 1. The number of fused-ring (bicyclic) bond motifs is 1. The van der Waals surface area contributed by atoms with E-state index < -0.39 is 11.9 Å². The number of nitrogens with one attached hydrogen (secondary N) is 2. The number of methoxy groups -OCH3 is 1. The molecule has 40 heavy (non-hydrogen) atoms. The zero-order chi connectivity index (χ0) is 28.1. The molecule has 0 atom stereocenters. The molecule has 0 spiro atoms. The average Bonchev–Trinajstić information content (AvgIpc) is 3.56. The summed E-state index contributed by atoms with van der Waals surface area (Å²) in [4.78, 5) is 32.7. The average molecular weight is 560 g/mol. The number of para-hydroxylation sites is 2. The largest absolute Gasteiger partial charge is 0.497 e. The van der Waals surface area contributed by atoms with Crippen LogP contribution in [0.4, 0.5) is 5.82 Å². The Morgan fingerprint density at radius 2 is 1.85 bits per heavy atom. The number of halogens is 1. The predicted octanol–water partition coefficient (Wildman–Crippen LogP) is 5.33. The highest BCUT2D eigenvalue weighted by Gasteiger charge is 2.18. The number of carbonyl (C=O) groups is 2. The Bertz CT molecular complexity index is 1630. The molecule has 0 aliphatic heterocycles. The topological polar surface area (TPSA) is 120 Å². The number of aromatic nitrogens is 4. The maximum atomic E-state index is 13.1. The second-order valence-corrected chi connectivity index (χ2v) is 9.12. The molecule has 2 aromatic heterocycles. The minimum absolute atomic E-state index is 0.185. The fraction of sp³-hybridized carbons (Fsp3) is 0.172. The second kappa shape index (κ2) is 11.9. The summed E-state index contributed by atoms with van der Waals surface area (Å²) < 4.78 is 17.3. The van der Waals surface area contributed by atoms with Gasteiger partial charge in [-0.2, -0.15) is 5.10 Å². The van der Waals surface area contributed by atoms with E-state index in [1.807, 2.05) is 48.5 Å². The summed E-state index contributed by atoms with van der Waals surface area (Å²) in [5.41, 5.74) is 3.69. The number of carbonyl (C=O) groups excluding carboxylic acids is 2. The van der Waals surface area contributed by atoms with E-state index in [4.69, 9.17) is 30.8 Å². The van der Waals surface area contributed by atoms with Crippen LogP contribution in [0.2, 0.25) is 5.02 Å². The van der Waals surface area contributed by atoms with Gasteiger partial charge in [0.1, 0.15) is 17.2 Å². The third-order valence-corrected chi connectivity index (χ3v) is 6.29. The summed E-state index contributed by atoms with van der Waals surface area (Å²) in [7, 11) is 1.62. The highest BCUT2D eigenvalue weighted by atomic mass is 35.5. The third-order valence-electron chi connectivity index (χ3n) is 5.99. The standard InChI is InChI=1S/C29H26ClN5O5/c1-3-39-27(36)17-40-25-13-10-19(14-21(25)30)29(37)33-26-15-24(28-31-22-6-4-5-7-23(22)32-28)35(34-26)16-18-8-11-20(38-2)12-9-18/h4-15H,3,16-17H2,1-2H3,(H,31,32)(H,33,34,37). The minimum Gasteiger partial charge on any atom is -0.497 e. The van der Waals surface area contributed by atoms with Crippen LogP contribution in [0.5, 0.6) is 11.5 Å². The number of hydrogen-bond acceptors (Lipinski definition) is 7. The smallest absolute Gasteiger partial charge is 0.344 e. The van der Waals surface area contributed by atoms with Crippen molar-refractivity contribution in [1.82, 2.24) is 19.7 Å². The van der Waals surface area contributed by atoms with Gasteiger partial charge in [0.05, 0.1) is 36.3 Å². The van der Waals surface area contributed by atoms with E-state index in [2.05, 4.69) is 15.4 Å². The van der Waals surface area contributed by atoms with Gasteiger partial charge in [-0.3, -0.25) is 9.48 Å². The lowest BCUT2D eigenvalue weighted by Gasteiger charge is -2.09. The van der Waals surface area contributed by atoms with Crippen LogP contribution in [0.1, 0.15) is 22.8 Å². The van der Waals surface area contributed by atoms with Crippen LogP contribution in [0.3, 0.4) is 0 Å². The molecule has 0 fully saturated rings. The fourth-order valence-electron chi connectivity index (χ4n) is 4.05. The summed E-state index contributed by atoms with van der Waals surface area (Å²) in [5.74, 6) is 1.06. The lowest BCUT2D eigenvalue weighted by Crippen LogP contribution is -2.15. The molecular weight excluding hydrogens is 534 g/mol. The molecule has 0 bridgehead atoms. The molecule has 0 radical (unpaired) electrons. The number of esters is 1. The van der Waals surface area contributed by atoms with E-state index in [9.17, 15) is 9.59 Å². The summed E-state index contributed by atoms with van der Waals surface area (Å²) in [6.07, 6.45) is 0. The first-order valence-electron chi connectivity index (χ1n) is 12.5. The van der Waals surface area contributed by atoms with Gasteiger partial charge in [0.15, 0.2) is 18.2 Å². The minimum atomic E-state index is -0.508. The van der Waals surface area contributed by atoms with Crippen molar-refractivity contribution in [3.05, 3.63) is 88.9 Å². The molecular formula is C29H26ClN5O5. The van der Waals surface area contributed by atoms with Crippen molar-refractivity contribution in [3.63, 3.8) is 0 Å². The van der Waals surface area contributed by atoms with Crippen LogP contribution in [0.25, 0.3) is 22.6 Å². The molecule has 2 N–H and O–H groups in total. The summed E-state index contributed by atoms with van der Waals surface area (Å²) in [6, 6.07) is 21.7. The number of rotatable bonds is 10. The number of imidazole rings is 1. The van der Waals surface area contributed by atoms with Crippen molar-refractivity contribution in [1.29, 1.82) is 0 Å². The molecule has 2 heterocycles. The zero-order valence-corrected chi connectivity index (χ0v) is 22.6. The molecule has 204 valence electrons. The van der Waals surface area contributed by atoms with Gasteiger partial charge in [0.2, 0.25) is 0 Å². The van der Waals surface area contributed by atoms with Gasteiger partial charge in [-0.25, -0.2) is 9.78 Å². The van der Waals surface area contributed by atoms with Crippen molar-refractivity contribution in [3.8, 4) is 23.0 Å². The normalized spacial score (nSPS) is 10.9. The predicted molar refractivity (Wildman–Crippen MR) is 151 cm³/mol. The second-order valence-electron chi connectivity index (χ2n) is 8.72. The summed E-state index contributed by atoms with van der Waals surface area (Å²) in [6.45, 7) is 2.11. The van der Waals surface area contributed by atoms with Gasteiger partial charge < -0.3 is 24.5 Å². The van der Waals surface area contributed by atoms with Crippen LogP contribution in [0, 0.1) is 0 Å². The number of aromatic amines is 1. The lowest BCUT2D eigenvalue weighted by molar-refractivity contribution is -0.145. The molecule has 0 saturated heterocycles. The molecule has 1 amide bonds. The number of anilines is 1. The van der Waals surface area contributed by atoms with Gasteiger partial charge in [-0.1, -0.05) is 35.9 Å². The Kier molecular flexibility index (Phi) is 7.97. The molecule has 0 aliphatic rings. The Hall–Kier alpha value is -4.83. The first-order chi connectivity index (χ1) is 19.4. The van der Waals surface area contributed by atoms with Crippen LogP contribution in [-0.2, 0) is 16.1 Å². The molecule has 0 aliphatic carbocycles. The van der Waals surface area contributed by atoms with E-state index in [0.717, 1.165) is 22.3 Å². The Balaban J connectivity index is 1.39. The molecule has 0 unspecified atom stereocenters. The van der Waals surface area contributed by atoms with Crippen molar-refractivity contribution in [2.45, 2.75) is 13.5 Å². The highest BCUT2D eigenvalue weighted by molar-refractivity contribution is 6.32. The number of nitrogens with zero attached hydrogens (tertiary/aromatic N) is 3. The van der Waals surface area contributed by atoms with Crippen LogP contribution >= 0.6 is 11.6 Å². The molecule has 3 aromatic carbocycles. The zero-order valence-electron chi connectivity index (χ0n) is 21.8. The van der Waals surface area contributed by atoms with E-state index in [1.165, 1.54) is 12.1 Å². The molecule has 5 rings (SSSR count). The number of ether oxygens (including phenoxy) is 3. The van der Waals surface area contributed by atoms with Gasteiger partial charge in [0, 0.05) is 11.6 Å². The maximum absolute atomic E-state index is 13.1. The quantitative estimate of drug-likeness (QED) is 0.222. The molecule has 5 aromatic rings. The van der Waals surface area contributed by atoms with Crippen LogP contribution in [0.15, 0.2) is 72.8 Å². The monoisotopic (exact) mass is 559 g/mol. The van der Waals surface area contributed by atoms with E-state index in [1.54, 1.807) is 30.8 Å². The number of hydrogen-bond donors (Lipinski definition) is 2. The molecule has 10 nitrogen and oxygen atoms in total. The van der Waals surface area contributed by atoms with E-state index in [-0.39, 0.29) is 24.0 Å². The van der Waals surface area contributed by atoms with Gasteiger partial charge in [-0.15, -0.1) is 0 Å². The Labute approximate surface area is 234 Å². The van der Waals surface area contributed by atoms with E-state index in [0.29, 0.717) is 29.4 Å². The first kappa shape index (κ1) is 26.8. The van der Waals surface area contributed by atoms with Crippen LogP contribution in [-0.4, -0.2) is 51.9 Å². The van der Waals surface area contributed by atoms with Crippen molar-refractivity contribution >= 4 is 40.3 Å². The van der Waals surface area contributed by atoms with Gasteiger partial charge in [-0.05, 0) is 55.0 Å². The highest BCUT2D eigenvalue weighted by Crippen LogP contribution is 2.28. The number of benzene rings is 3. The van der Waals surface area contributed by atoms with Crippen molar-refractivity contribution < 1.29 is 23.8 Å². The molecule has 11 heteroatoms. The van der Waals surface area contributed by atoms with Gasteiger partial charge in [0.25, 0.3) is 5.91 Å². The SMILES string of the molecule is CCOC(=O)COc1ccc(C(=O)Nc2cc(-c3nc4ccccc4[nH]3)n(Cc3ccc(OC)cc3)n2)cc1Cl. The van der Waals surface area contributed by atoms with Crippen molar-refractivity contribution in [2.75, 3.05) is 25.6 Å². The summed E-state index contributed by atoms with van der Waals surface area (Å²) in [5, 5.41) is 7.67. The van der Waals surface area contributed by atoms with Gasteiger partial charge >= 0.3 is 5.97 Å². The summed E-state index contributed by atoms with van der Waals surface area (Å²) >= 11 is 6.30. The lowest BCUT2D eigenvalue weighted by atomic mass is 10.2. The number of amides is 1. The van der Waals surface area contributed by atoms with Crippen LogP contribution < -0.4 is 14.8 Å². The Morgan fingerprint density at radius 3 is 2.58 bits per heavy atom. The third kappa shape index (κ3) is 6.08. The Morgan fingerprint density at radius 1 is 1.05 bits per heavy atom. The molecule has 0 saturated carbocycles.